The fourth-order valence-corrected chi connectivity index (χ4v) is 0. The van der Waals surface area contributed by atoms with Gasteiger partial charge < -0.3 is 9.90 Å². The van der Waals surface area contributed by atoms with Gasteiger partial charge in [-0.1, -0.05) is 0 Å². The van der Waals surface area contributed by atoms with E-state index in [0.717, 1.165) is 6.92 Å². The summed E-state index contributed by atoms with van der Waals surface area (Å²) in [7, 11) is 0. The second kappa shape index (κ2) is 3.98. The van der Waals surface area contributed by atoms with Gasteiger partial charge in [0.05, 0.1) is 0 Å². The van der Waals surface area contributed by atoms with Crippen molar-refractivity contribution < 1.29 is 26.7 Å². The molecule has 0 aliphatic carbocycles. The smallest absolute Gasteiger partial charge is 0.0383 e. The van der Waals surface area contributed by atoms with Gasteiger partial charge in [0.1, 0.15) is 0 Å². The van der Waals surface area contributed by atoms with Crippen LogP contribution in [-0.4, -0.2) is 5.97 Å². The molecule has 0 fully saturated rings. The Morgan fingerprint density at radius 2 is 1.80 bits per heavy atom. The Balaban J connectivity index is 0. The molecule has 0 aromatic rings. The summed E-state index contributed by atoms with van der Waals surface area (Å²) in [6.07, 6.45) is 0. The molecule has 0 bridgehead atoms. The van der Waals surface area contributed by atoms with Crippen molar-refractivity contribution in [2.45, 2.75) is 6.92 Å². The Morgan fingerprint density at radius 3 is 1.80 bits per heavy atom. The summed E-state index contributed by atoms with van der Waals surface area (Å²) in [6, 6.07) is 0. The molecule has 0 unspecified atom stereocenters. The number of aliphatic carboxylic acids is 1. The average molecular weight is 118 g/mol. The van der Waals surface area contributed by atoms with Gasteiger partial charge >= 0.3 is 0 Å². The molecular weight excluding hydrogens is 115 g/mol. The first kappa shape index (κ1) is 8.88. The zero-order chi connectivity index (χ0) is 3.58. The van der Waals surface area contributed by atoms with Crippen LogP contribution in [0.15, 0.2) is 0 Å². The molecule has 33 valence electrons. The molecule has 0 aromatic heterocycles. The third-order valence-electron chi connectivity index (χ3n) is 0. The van der Waals surface area contributed by atoms with Crippen LogP contribution in [0.2, 0.25) is 0 Å². The third-order valence-corrected chi connectivity index (χ3v) is 0. The van der Waals surface area contributed by atoms with Crippen LogP contribution in [0, 0.1) is 0 Å². The molecule has 0 amide bonds. The minimum absolute atomic E-state index is 0. The van der Waals surface area contributed by atoms with Crippen molar-refractivity contribution in [1.82, 2.24) is 0 Å². The standard InChI is InChI=1S/C2H4O2.Co/c1-2(3)4;/h1H3,(H,3,4);/p-1. The van der Waals surface area contributed by atoms with E-state index in [4.69, 9.17) is 9.90 Å². The Morgan fingerprint density at radius 1 is 1.80 bits per heavy atom. The first-order valence-corrected chi connectivity index (χ1v) is 0.908. The molecule has 0 saturated heterocycles. The van der Waals surface area contributed by atoms with Crippen molar-refractivity contribution in [3.63, 3.8) is 0 Å². The predicted octanol–water partition coefficient (Wildman–Crippen LogP) is -1.25. The van der Waals surface area contributed by atoms with Gasteiger partial charge in [0.15, 0.2) is 0 Å². The van der Waals surface area contributed by atoms with Crippen LogP contribution < -0.4 is 5.11 Å². The third kappa shape index (κ3) is 28100. The largest absolute Gasteiger partial charge is 0.550 e. The number of carbonyl (C=O) groups excluding carboxylic acids is 1. The van der Waals surface area contributed by atoms with Crippen molar-refractivity contribution in [2.24, 2.45) is 0 Å². The number of carboxylic acids is 1. The van der Waals surface area contributed by atoms with Gasteiger partial charge in [-0.05, 0) is 6.92 Å². The van der Waals surface area contributed by atoms with E-state index in [1.165, 1.54) is 0 Å². The van der Waals surface area contributed by atoms with Gasteiger partial charge in [-0.3, -0.25) is 0 Å². The molecule has 0 aliphatic heterocycles. The van der Waals surface area contributed by atoms with Gasteiger partial charge in [0.25, 0.3) is 0 Å². The molecule has 1 radical (unpaired) electrons. The van der Waals surface area contributed by atoms with E-state index in [1.54, 1.807) is 0 Å². The molecule has 0 atom stereocenters. The normalized spacial score (nSPS) is 5.00. The van der Waals surface area contributed by atoms with Crippen LogP contribution in [-0.2, 0) is 21.6 Å². The van der Waals surface area contributed by atoms with Crippen molar-refractivity contribution in [3.8, 4) is 0 Å². The summed E-state index contributed by atoms with van der Waals surface area (Å²) in [6.45, 7) is 0.972. The minimum Gasteiger partial charge on any atom is -0.550 e. The van der Waals surface area contributed by atoms with Crippen LogP contribution >= 0.6 is 0 Å². The van der Waals surface area contributed by atoms with E-state index in [9.17, 15) is 0 Å². The van der Waals surface area contributed by atoms with Gasteiger partial charge in [-0.2, -0.15) is 0 Å². The van der Waals surface area contributed by atoms with Gasteiger partial charge in [-0.25, -0.2) is 0 Å². The zero-order valence-electron chi connectivity index (χ0n) is 2.65. The number of hydrogen-bond acceptors (Lipinski definition) is 2. The summed E-state index contributed by atoms with van der Waals surface area (Å²) in [5.41, 5.74) is 0. The Bertz CT molecular complexity index is 30.6. The summed E-state index contributed by atoms with van der Waals surface area (Å²) in [5.74, 6) is -1.08. The van der Waals surface area contributed by atoms with Gasteiger partial charge in [0, 0.05) is 22.7 Å². The molecule has 2 nitrogen and oxygen atoms in total. The monoisotopic (exact) mass is 118 g/mol. The first-order valence-electron chi connectivity index (χ1n) is 0.908. The summed E-state index contributed by atoms with van der Waals surface area (Å²) in [4.78, 5) is 8.89. The molecule has 5 heavy (non-hydrogen) atoms. The van der Waals surface area contributed by atoms with E-state index in [2.05, 4.69) is 0 Å². The first-order chi connectivity index (χ1) is 1.73. The SMILES string of the molecule is CC(=O)[O-].[Co]. The van der Waals surface area contributed by atoms with Crippen molar-refractivity contribution >= 4 is 5.97 Å². The summed E-state index contributed by atoms with van der Waals surface area (Å²) >= 11 is 0. The molecule has 0 rings (SSSR count). The molecule has 0 spiro atoms. The second-order valence-corrected chi connectivity index (χ2v) is 0.492. The van der Waals surface area contributed by atoms with Gasteiger partial charge in [-0.15, -0.1) is 0 Å². The Labute approximate surface area is 40.4 Å². The molecular formula is C2H3CoO2-. The number of carbonyl (C=O) groups is 1. The van der Waals surface area contributed by atoms with Crippen LogP contribution in [0.25, 0.3) is 0 Å². The average Bonchev–Trinajstić information content (AvgIpc) is 0.811. The van der Waals surface area contributed by atoms with E-state index in [0.29, 0.717) is 0 Å². The Hall–Kier alpha value is -0.0235. The van der Waals surface area contributed by atoms with E-state index >= 15 is 0 Å². The van der Waals surface area contributed by atoms with E-state index < -0.39 is 5.97 Å². The molecule has 3 heteroatoms. The maximum absolute atomic E-state index is 8.89. The Kier molecular flexibility index (Phi) is 7.06. The molecule has 0 N–H and O–H groups in total. The molecule has 0 heterocycles. The van der Waals surface area contributed by atoms with Crippen molar-refractivity contribution in [1.29, 1.82) is 0 Å². The summed E-state index contributed by atoms with van der Waals surface area (Å²) in [5, 5.41) is 8.89. The second-order valence-electron chi connectivity index (χ2n) is 0.492. The zero-order valence-corrected chi connectivity index (χ0v) is 3.69. The van der Waals surface area contributed by atoms with E-state index in [1.807, 2.05) is 0 Å². The summed E-state index contributed by atoms with van der Waals surface area (Å²) < 4.78 is 0. The number of rotatable bonds is 0. The molecule has 0 aliphatic rings. The topological polar surface area (TPSA) is 40.1 Å². The van der Waals surface area contributed by atoms with Crippen LogP contribution in [0.5, 0.6) is 0 Å². The maximum Gasteiger partial charge on any atom is 0.0383 e. The number of carboxylic acid groups (broad SMARTS) is 1. The van der Waals surface area contributed by atoms with Crippen molar-refractivity contribution in [2.75, 3.05) is 0 Å². The van der Waals surface area contributed by atoms with Crippen LogP contribution in [0.3, 0.4) is 0 Å². The van der Waals surface area contributed by atoms with Gasteiger partial charge in [0.2, 0.25) is 0 Å². The minimum atomic E-state index is -1.08. The molecule has 0 saturated carbocycles. The quantitative estimate of drug-likeness (QED) is 0.398. The predicted molar refractivity (Wildman–Crippen MR) is 10.7 cm³/mol. The van der Waals surface area contributed by atoms with E-state index in [-0.39, 0.29) is 16.8 Å². The van der Waals surface area contributed by atoms with Crippen molar-refractivity contribution in [3.05, 3.63) is 0 Å². The maximum atomic E-state index is 8.89. The fraction of sp³-hybridized carbons (Fsp3) is 0.500. The van der Waals surface area contributed by atoms with Crippen LogP contribution in [0.1, 0.15) is 6.92 Å². The van der Waals surface area contributed by atoms with Crippen LogP contribution in [0.4, 0.5) is 0 Å². The molecule has 0 aromatic carbocycles. The fourth-order valence-electron chi connectivity index (χ4n) is 0. The number of hydrogen-bond donors (Lipinski definition) is 0.